The van der Waals surface area contributed by atoms with Gasteiger partial charge in [-0.2, -0.15) is 0 Å². The summed E-state index contributed by atoms with van der Waals surface area (Å²) in [6, 6.07) is 3.39. The van der Waals surface area contributed by atoms with Crippen molar-refractivity contribution in [1.82, 2.24) is 4.98 Å². The van der Waals surface area contributed by atoms with E-state index in [0.29, 0.717) is 18.6 Å². The van der Waals surface area contributed by atoms with E-state index in [1.165, 1.54) is 6.20 Å². The lowest BCUT2D eigenvalue weighted by molar-refractivity contribution is -0.169. The summed E-state index contributed by atoms with van der Waals surface area (Å²) in [6.45, 7) is 6.17. The molecular formula is C16H23NO4. The highest BCUT2D eigenvalue weighted by molar-refractivity contribution is 5.80. The Hall–Kier alpha value is -1.91. The maximum absolute atomic E-state index is 12.1. The summed E-state index contributed by atoms with van der Waals surface area (Å²) in [6.07, 6.45) is 3.99. The molecule has 0 aromatic carbocycles. The van der Waals surface area contributed by atoms with Gasteiger partial charge in [0.15, 0.2) is 0 Å². The monoisotopic (exact) mass is 293 g/mol. The maximum atomic E-state index is 12.1. The van der Waals surface area contributed by atoms with Crippen molar-refractivity contribution in [3.05, 3.63) is 30.1 Å². The van der Waals surface area contributed by atoms with E-state index in [-0.39, 0.29) is 5.92 Å². The lowest BCUT2D eigenvalue weighted by Crippen LogP contribution is -2.23. The zero-order valence-electron chi connectivity index (χ0n) is 12.9. The second-order valence-electron chi connectivity index (χ2n) is 5.28. The maximum Gasteiger partial charge on any atom is 0.352 e. The quantitative estimate of drug-likeness (QED) is 0.689. The number of ether oxygens (including phenoxy) is 2. The molecule has 1 aromatic heterocycles. The van der Waals surface area contributed by atoms with E-state index in [4.69, 9.17) is 9.47 Å². The number of nitrogens with zero attached hydrogens (tertiary/aromatic N) is 1. The van der Waals surface area contributed by atoms with Gasteiger partial charge in [0.25, 0.3) is 0 Å². The van der Waals surface area contributed by atoms with Crippen molar-refractivity contribution in [1.29, 1.82) is 0 Å². The molecule has 0 N–H and O–H groups in total. The molecule has 0 amide bonds. The Morgan fingerprint density at radius 1 is 1.33 bits per heavy atom. The molecule has 0 fully saturated rings. The van der Waals surface area contributed by atoms with Crippen molar-refractivity contribution in [2.24, 2.45) is 5.92 Å². The molecule has 0 radical (unpaired) electrons. The average molecular weight is 293 g/mol. The van der Waals surface area contributed by atoms with Crippen LogP contribution in [0.25, 0.3) is 0 Å². The lowest BCUT2D eigenvalue weighted by atomic mass is 10.1. The molecule has 1 aromatic rings. The van der Waals surface area contributed by atoms with Crippen LogP contribution in [0.5, 0.6) is 0 Å². The standard InChI is InChI=1S/C16H23NO4/c1-4-5-8-14(18)21-15(13-7-6-9-17-10-13)16(19)20-11-12(2)3/h6-7,9-10,12,15H,4-5,8,11H2,1-3H3. The minimum atomic E-state index is -1.04. The molecule has 0 saturated heterocycles. The predicted molar refractivity (Wildman–Crippen MR) is 78.4 cm³/mol. The van der Waals surface area contributed by atoms with Crippen LogP contribution in [0, 0.1) is 5.92 Å². The number of carbonyl (C=O) groups excluding carboxylic acids is 2. The molecule has 0 aliphatic heterocycles. The van der Waals surface area contributed by atoms with E-state index < -0.39 is 18.0 Å². The predicted octanol–water partition coefficient (Wildman–Crippen LogP) is 3.06. The second-order valence-corrected chi connectivity index (χ2v) is 5.28. The van der Waals surface area contributed by atoms with Gasteiger partial charge >= 0.3 is 11.9 Å². The molecule has 0 saturated carbocycles. The Morgan fingerprint density at radius 2 is 2.10 bits per heavy atom. The van der Waals surface area contributed by atoms with Gasteiger partial charge in [-0.05, 0) is 18.4 Å². The van der Waals surface area contributed by atoms with Gasteiger partial charge < -0.3 is 9.47 Å². The molecule has 21 heavy (non-hydrogen) atoms. The van der Waals surface area contributed by atoms with Crippen LogP contribution in [0.4, 0.5) is 0 Å². The largest absolute Gasteiger partial charge is 0.462 e. The van der Waals surface area contributed by atoms with Gasteiger partial charge in [-0.3, -0.25) is 9.78 Å². The molecule has 0 spiro atoms. The summed E-state index contributed by atoms with van der Waals surface area (Å²) < 4.78 is 10.5. The number of aromatic nitrogens is 1. The molecule has 0 aliphatic rings. The summed E-state index contributed by atoms with van der Waals surface area (Å²) in [7, 11) is 0. The highest BCUT2D eigenvalue weighted by Gasteiger charge is 2.26. The Labute approximate surface area is 125 Å². The van der Waals surface area contributed by atoms with E-state index in [1.807, 2.05) is 20.8 Å². The molecule has 0 aliphatic carbocycles. The number of unbranched alkanes of at least 4 members (excludes halogenated alkanes) is 1. The molecule has 1 heterocycles. The van der Waals surface area contributed by atoms with Crippen molar-refractivity contribution in [2.45, 2.75) is 46.1 Å². The van der Waals surface area contributed by atoms with Crippen LogP contribution in [0.2, 0.25) is 0 Å². The Bertz CT molecular complexity index is 445. The summed E-state index contributed by atoms with van der Waals surface area (Å²) in [4.78, 5) is 27.9. The van der Waals surface area contributed by atoms with Crippen LogP contribution in [-0.2, 0) is 19.1 Å². The van der Waals surface area contributed by atoms with Gasteiger partial charge in [0, 0.05) is 24.4 Å². The van der Waals surface area contributed by atoms with Gasteiger partial charge in [0.1, 0.15) is 0 Å². The molecule has 116 valence electrons. The third-order valence-electron chi connectivity index (χ3n) is 2.74. The topological polar surface area (TPSA) is 65.5 Å². The summed E-state index contributed by atoms with van der Waals surface area (Å²) in [5.74, 6) is -0.729. The van der Waals surface area contributed by atoms with Crippen LogP contribution < -0.4 is 0 Å². The van der Waals surface area contributed by atoms with Crippen molar-refractivity contribution >= 4 is 11.9 Å². The Morgan fingerprint density at radius 3 is 2.67 bits per heavy atom. The number of pyridine rings is 1. The number of hydrogen-bond donors (Lipinski definition) is 0. The van der Waals surface area contributed by atoms with Crippen LogP contribution >= 0.6 is 0 Å². The first kappa shape index (κ1) is 17.1. The van der Waals surface area contributed by atoms with Crippen LogP contribution in [0.15, 0.2) is 24.5 Å². The number of rotatable bonds is 8. The fraction of sp³-hybridized carbons (Fsp3) is 0.562. The van der Waals surface area contributed by atoms with Crippen molar-refractivity contribution < 1.29 is 19.1 Å². The minimum absolute atomic E-state index is 0.222. The minimum Gasteiger partial charge on any atom is -0.462 e. The molecule has 1 unspecified atom stereocenters. The highest BCUT2D eigenvalue weighted by Crippen LogP contribution is 2.20. The molecule has 1 rings (SSSR count). The number of esters is 2. The number of carbonyl (C=O) groups is 2. The lowest BCUT2D eigenvalue weighted by Gasteiger charge is -2.17. The van der Waals surface area contributed by atoms with Crippen LogP contribution in [-0.4, -0.2) is 23.5 Å². The molecule has 5 nitrogen and oxygen atoms in total. The zero-order chi connectivity index (χ0) is 15.7. The van der Waals surface area contributed by atoms with Crippen LogP contribution in [0.3, 0.4) is 0 Å². The van der Waals surface area contributed by atoms with Crippen LogP contribution in [0.1, 0.15) is 51.7 Å². The fourth-order valence-corrected chi connectivity index (χ4v) is 1.62. The van der Waals surface area contributed by atoms with Gasteiger partial charge in [-0.1, -0.05) is 33.3 Å². The molecule has 5 heteroatoms. The molecule has 1 atom stereocenters. The van der Waals surface area contributed by atoms with E-state index in [2.05, 4.69) is 4.98 Å². The first-order chi connectivity index (χ1) is 10.0. The first-order valence-corrected chi connectivity index (χ1v) is 7.30. The molecule has 0 bridgehead atoms. The fourth-order valence-electron chi connectivity index (χ4n) is 1.62. The van der Waals surface area contributed by atoms with Crippen molar-refractivity contribution in [3.8, 4) is 0 Å². The highest BCUT2D eigenvalue weighted by atomic mass is 16.6. The smallest absolute Gasteiger partial charge is 0.352 e. The van der Waals surface area contributed by atoms with E-state index in [0.717, 1.165) is 12.8 Å². The second kappa shape index (κ2) is 9.10. The Balaban J connectivity index is 2.75. The van der Waals surface area contributed by atoms with Crippen molar-refractivity contribution in [3.63, 3.8) is 0 Å². The van der Waals surface area contributed by atoms with Gasteiger partial charge in [-0.25, -0.2) is 4.79 Å². The first-order valence-electron chi connectivity index (χ1n) is 7.30. The average Bonchev–Trinajstić information content (AvgIpc) is 2.49. The van der Waals surface area contributed by atoms with Gasteiger partial charge in [0.2, 0.25) is 6.10 Å². The van der Waals surface area contributed by atoms with Gasteiger partial charge in [-0.15, -0.1) is 0 Å². The normalized spacial score (nSPS) is 12.0. The third-order valence-corrected chi connectivity index (χ3v) is 2.74. The number of hydrogen-bond acceptors (Lipinski definition) is 5. The SMILES string of the molecule is CCCCC(=O)OC(C(=O)OCC(C)C)c1cccnc1. The third kappa shape index (κ3) is 6.38. The Kier molecular flexibility index (Phi) is 7.43. The zero-order valence-corrected chi connectivity index (χ0v) is 12.9. The summed E-state index contributed by atoms with van der Waals surface area (Å²) in [5, 5.41) is 0. The van der Waals surface area contributed by atoms with Gasteiger partial charge in [0.05, 0.1) is 6.61 Å². The summed E-state index contributed by atoms with van der Waals surface area (Å²) >= 11 is 0. The molecular weight excluding hydrogens is 270 g/mol. The van der Waals surface area contributed by atoms with Crippen molar-refractivity contribution in [2.75, 3.05) is 6.61 Å². The summed E-state index contributed by atoms with van der Waals surface area (Å²) in [5.41, 5.74) is 0.524. The van der Waals surface area contributed by atoms with E-state index in [1.54, 1.807) is 18.3 Å². The van der Waals surface area contributed by atoms with E-state index in [9.17, 15) is 9.59 Å². The van der Waals surface area contributed by atoms with E-state index >= 15 is 0 Å².